The first-order valence-corrected chi connectivity index (χ1v) is 16.7. The average Bonchev–Trinajstić information content (AvgIpc) is 3.47. The summed E-state index contributed by atoms with van der Waals surface area (Å²) in [6.07, 6.45) is -1.91. The van der Waals surface area contributed by atoms with Crippen molar-refractivity contribution in [3.63, 3.8) is 0 Å². The van der Waals surface area contributed by atoms with Crippen LogP contribution in [0.25, 0.3) is 0 Å². The fraction of sp³-hybridized carbons (Fsp3) is 0.519. The quantitative estimate of drug-likeness (QED) is 0.177. The normalized spacial score (nSPS) is 25.2. The number of halogens is 6. The molecule has 3 amide bonds. The molecule has 1 aromatic carbocycles. The van der Waals surface area contributed by atoms with Gasteiger partial charge in [0.15, 0.2) is 0 Å². The van der Waals surface area contributed by atoms with Crippen LogP contribution in [0.2, 0.25) is 0 Å². The average molecular weight is 782 g/mol. The number of nitrogens with zero attached hydrogens (tertiary/aromatic N) is 2. The topological polar surface area (TPSA) is 163 Å². The summed E-state index contributed by atoms with van der Waals surface area (Å²) in [5.41, 5.74) is 0.0266. The zero-order valence-electron chi connectivity index (χ0n) is 23.9. The molecule has 0 saturated carbocycles. The molecule has 0 unspecified atom stereocenters. The molecule has 3 aliphatic heterocycles. The summed E-state index contributed by atoms with van der Waals surface area (Å²) in [4.78, 5) is 67.2. The second-order valence-corrected chi connectivity index (χ2v) is 17.2. The van der Waals surface area contributed by atoms with Gasteiger partial charge < -0.3 is 29.9 Å². The van der Waals surface area contributed by atoms with Crippen molar-refractivity contribution < 1.29 is 43.7 Å². The molecular weight excluding hydrogens is 755 g/mol. The standard InChI is InChI=1S/C27H27Cl6N3O9S/c1-11-18-17(12(2)37)22(39)36(18)19(24(42)44-9-26(28,29)30)20(11)46-15-7-16(35(8-15)25(43)45-10-27(31,32)33)21(38)34-14-5-3-4-13(6-14)23(40)41/h3-6,11-12,15-18,37H,7-10H2,1-2H3,(H,34,38)(H,40,41)/t11-,12-,15+,16+,17-,18+/m1/s1. The van der Waals surface area contributed by atoms with Gasteiger partial charge in [-0.15, -0.1) is 11.8 Å². The fourth-order valence-electron chi connectivity index (χ4n) is 5.58. The van der Waals surface area contributed by atoms with Gasteiger partial charge in [-0.2, -0.15) is 0 Å². The summed E-state index contributed by atoms with van der Waals surface area (Å²) in [6.45, 7) is 1.98. The minimum Gasteiger partial charge on any atom is -0.478 e. The lowest BCUT2D eigenvalue weighted by atomic mass is 9.79. The highest BCUT2D eigenvalue weighted by Crippen LogP contribution is 2.52. The highest BCUT2D eigenvalue weighted by Gasteiger charge is 2.60. The molecule has 3 N–H and O–H groups in total. The molecule has 0 aromatic heterocycles. The maximum absolute atomic E-state index is 13.5. The van der Waals surface area contributed by atoms with Crippen molar-refractivity contribution in [2.24, 2.45) is 11.8 Å². The van der Waals surface area contributed by atoms with Gasteiger partial charge in [0, 0.05) is 28.3 Å². The van der Waals surface area contributed by atoms with Crippen molar-refractivity contribution in [1.82, 2.24) is 9.80 Å². The fourth-order valence-corrected chi connectivity index (χ4v) is 7.43. The van der Waals surface area contributed by atoms with Crippen molar-refractivity contribution in [2.75, 3.05) is 25.1 Å². The van der Waals surface area contributed by atoms with E-state index in [1.807, 2.05) is 0 Å². The third-order valence-corrected chi connectivity index (χ3v) is 9.65. The second-order valence-electron chi connectivity index (χ2n) is 10.8. The predicted molar refractivity (Wildman–Crippen MR) is 173 cm³/mol. The number of alkyl halides is 6. The van der Waals surface area contributed by atoms with Crippen LogP contribution in [0.15, 0.2) is 34.9 Å². The van der Waals surface area contributed by atoms with Crippen molar-refractivity contribution in [2.45, 2.75) is 51.3 Å². The highest BCUT2D eigenvalue weighted by molar-refractivity contribution is 8.03. The minimum absolute atomic E-state index is 0.0448. The lowest BCUT2D eigenvalue weighted by Gasteiger charge is -2.46. The Morgan fingerprint density at radius 1 is 1.09 bits per heavy atom. The van der Waals surface area contributed by atoms with E-state index in [1.54, 1.807) is 6.92 Å². The third-order valence-electron chi connectivity index (χ3n) is 7.50. The largest absolute Gasteiger partial charge is 0.478 e. The number of benzene rings is 1. The molecule has 3 heterocycles. The number of aliphatic hydroxyl groups is 1. The Bertz CT molecular complexity index is 1450. The zero-order valence-corrected chi connectivity index (χ0v) is 29.3. The van der Waals surface area contributed by atoms with Gasteiger partial charge in [-0.25, -0.2) is 14.4 Å². The van der Waals surface area contributed by atoms with Gasteiger partial charge in [-0.1, -0.05) is 82.6 Å². The number of carboxylic acid groups (broad SMARTS) is 1. The van der Waals surface area contributed by atoms with Gasteiger partial charge in [0.05, 0.1) is 23.6 Å². The number of fused-ring (bicyclic) bond motifs is 1. The molecule has 2 saturated heterocycles. The van der Waals surface area contributed by atoms with Crippen LogP contribution in [-0.2, 0) is 23.9 Å². The number of aromatic carboxylic acids is 1. The van der Waals surface area contributed by atoms with E-state index in [0.29, 0.717) is 4.91 Å². The van der Waals surface area contributed by atoms with Gasteiger partial charge in [-0.3, -0.25) is 14.5 Å². The molecule has 0 spiro atoms. The zero-order chi connectivity index (χ0) is 34.3. The van der Waals surface area contributed by atoms with Crippen LogP contribution in [0.3, 0.4) is 0 Å². The van der Waals surface area contributed by atoms with E-state index in [-0.39, 0.29) is 29.9 Å². The number of carbonyl (C=O) groups is 5. The molecule has 46 heavy (non-hydrogen) atoms. The lowest BCUT2D eigenvalue weighted by molar-refractivity contribution is -0.164. The Kier molecular flexibility index (Phi) is 11.5. The van der Waals surface area contributed by atoms with Crippen LogP contribution in [0.4, 0.5) is 10.5 Å². The number of thioether (sulfide) groups is 1. The summed E-state index contributed by atoms with van der Waals surface area (Å²) >= 11 is 35.7. The number of carboxylic acids is 1. The Morgan fingerprint density at radius 3 is 2.30 bits per heavy atom. The number of anilines is 1. The van der Waals surface area contributed by atoms with E-state index < -0.39 is 85.9 Å². The van der Waals surface area contributed by atoms with Crippen LogP contribution in [0.5, 0.6) is 0 Å². The van der Waals surface area contributed by atoms with E-state index >= 15 is 0 Å². The maximum Gasteiger partial charge on any atom is 0.410 e. The van der Waals surface area contributed by atoms with Crippen molar-refractivity contribution in [3.8, 4) is 0 Å². The number of ether oxygens (including phenoxy) is 2. The highest BCUT2D eigenvalue weighted by atomic mass is 35.6. The first kappa shape index (κ1) is 37.0. The summed E-state index contributed by atoms with van der Waals surface area (Å²) in [5, 5.41) is 21.7. The molecule has 4 rings (SSSR count). The van der Waals surface area contributed by atoms with E-state index in [1.165, 1.54) is 36.1 Å². The van der Waals surface area contributed by atoms with Gasteiger partial charge in [0.2, 0.25) is 19.4 Å². The summed E-state index contributed by atoms with van der Waals surface area (Å²) < 4.78 is 6.52. The monoisotopic (exact) mass is 779 g/mol. The van der Waals surface area contributed by atoms with Crippen molar-refractivity contribution >= 4 is 117 Å². The number of amides is 3. The number of nitrogens with one attached hydrogen (secondary N) is 1. The van der Waals surface area contributed by atoms with Gasteiger partial charge in [0.25, 0.3) is 0 Å². The molecule has 6 atom stereocenters. The number of aliphatic hydroxyl groups excluding tert-OH is 1. The Balaban J connectivity index is 1.62. The number of hydrogen-bond donors (Lipinski definition) is 3. The molecule has 0 bridgehead atoms. The number of carbonyl (C=O) groups excluding carboxylic acids is 4. The smallest absolute Gasteiger partial charge is 0.410 e. The molecule has 1 aromatic rings. The van der Waals surface area contributed by atoms with Gasteiger partial charge in [0.1, 0.15) is 25.0 Å². The van der Waals surface area contributed by atoms with Crippen LogP contribution in [0.1, 0.15) is 30.6 Å². The number of likely N-dealkylation sites (tertiary alicyclic amines) is 1. The maximum atomic E-state index is 13.5. The SMILES string of the molecule is C[C@@H](O)[C@H]1C(=O)N2C(C(=O)OCC(Cl)(Cl)Cl)=C(S[C@H]3C[C@@H](C(=O)Nc4cccc(C(=O)O)c4)N(C(=O)OCC(Cl)(Cl)Cl)C3)[C@H](C)[C@@H]12. The van der Waals surface area contributed by atoms with Crippen LogP contribution in [-0.4, -0.2) is 101 Å². The Labute approximate surface area is 297 Å². The number of hydrogen-bond acceptors (Lipinski definition) is 9. The van der Waals surface area contributed by atoms with Gasteiger partial charge >= 0.3 is 18.0 Å². The van der Waals surface area contributed by atoms with Crippen LogP contribution < -0.4 is 5.32 Å². The third kappa shape index (κ3) is 8.41. The first-order chi connectivity index (χ1) is 21.3. The Morgan fingerprint density at radius 2 is 1.72 bits per heavy atom. The molecule has 0 aliphatic carbocycles. The molecule has 252 valence electrons. The Hall–Kier alpha value is -1.84. The summed E-state index contributed by atoms with van der Waals surface area (Å²) in [5.74, 6) is -4.48. The molecular formula is C27H27Cl6N3O9S. The van der Waals surface area contributed by atoms with Crippen molar-refractivity contribution in [3.05, 3.63) is 40.4 Å². The molecule has 3 aliphatic rings. The van der Waals surface area contributed by atoms with Crippen molar-refractivity contribution in [1.29, 1.82) is 0 Å². The van der Waals surface area contributed by atoms with Crippen LogP contribution >= 0.6 is 81.4 Å². The number of rotatable bonds is 9. The van der Waals surface area contributed by atoms with E-state index in [0.717, 1.165) is 16.7 Å². The number of esters is 1. The summed E-state index contributed by atoms with van der Waals surface area (Å²) in [7, 11) is 0. The summed E-state index contributed by atoms with van der Waals surface area (Å²) in [6, 6.07) is 3.85. The molecule has 0 radical (unpaired) electrons. The molecule has 2 fully saturated rings. The minimum atomic E-state index is -1.93. The van der Waals surface area contributed by atoms with Crippen LogP contribution in [0, 0.1) is 11.8 Å². The number of β-lactam (4-membered cyclic amide) rings is 1. The first-order valence-electron chi connectivity index (χ1n) is 13.6. The van der Waals surface area contributed by atoms with E-state index in [9.17, 15) is 34.2 Å². The van der Waals surface area contributed by atoms with E-state index in [4.69, 9.17) is 79.1 Å². The lowest BCUT2D eigenvalue weighted by Crippen LogP contribution is -2.63. The molecule has 19 heteroatoms. The predicted octanol–water partition coefficient (Wildman–Crippen LogP) is 4.99. The molecule has 12 nitrogen and oxygen atoms in total. The van der Waals surface area contributed by atoms with Gasteiger partial charge in [-0.05, 0) is 31.5 Å². The van der Waals surface area contributed by atoms with E-state index in [2.05, 4.69) is 5.32 Å². The second kappa shape index (κ2) is 14.3.